The maximum absolute atomic E-state index is 15.1. The van der Waals surface area contributed by atoms with Gasteiger partial charge in [-0.05, 0) is 85.1 Å². The van der Waals surface area contributed by atoms with Gasteiger partial charge in [0.25, 0.3) is 0 Å². The zero-order valence-electron chi connectivity index (χ0n) is 19.1. The van der Waals surface area contributed by atoms with Crippen LogP contribution >= 0.6 is 0 Å². The predicted molar refractivity (Wildman–Crippen MR) is 126 cm³/mol. The molecule has 0 heterocycles. The van der Waals surface area contributed by atoms with E-state index in [0.717, 1.165) is 62.5 Å². The van der Waals surface area contributed by atoms with Gasteiger partial charge in [-0.2, -0.15) is 0 Å². The van der Waals surface area contributed by atoms with E-state index in [2.05, 4.69) is 19.1 Å². The van der Waals surface area contributed by atoms with Crippen molar-refractivity contribution in [2.24, 2.45) is 0 Å². The Morgan fingerprint density at radius 2 is 1.44 bits per heavy atom. The van der Waals surface area contributed by atoms with E-state index in [1.807, 2.05) is 25.1 Å². The summed E-state index contributed by atoms with van der Waals surface area (Å²) in [4.78, 5) is 0. The molecule has 32 heavy (non-hydrogen) atoms. The van der Waals surface area contributed by atoms with Crippen LogP contribution in [0.15, 0.2) is 54.1 Å². The van der Waals surface area contributed by atoms with Crippen LogP contribution < -0.4 is 0 Å². The summed E-state index contributed by atoms with van der Waals surface area (Å²) in [6.45, 7) is 4.16. The molecule has 0 bridgehead atoms. The van der Waals surface area contributed by atoms with Gasteiger partial charge >= 0.3 is 0 Å². The Hall–Kier alpha value is -2.29. The molecule has 0 N–H and O–H groups in total. The first kappa shape index (κ1) is 22.9. The van der Waals surface area contributed by atoms with E-state index in [1.165, 1.54) is 5.57 Å². The first-order valence-corrected chi connectivity index (χ1v) is 12.1. The minimum absolute atomic E-state index is 0.00859. The molecule has 0 aromatic heterocycles. The highest BCUT2D eigenvalue weighted by Crippen LogP contribution is 2.43. The topological polar surface area (TPSA) is 0 Å². The van der Waals surface area contributed by atoms with Crippen LogP contribution in [0.25, 0.3) is 0 Å². The molecule has 1 unspecified atom stereocenters. The second-order valence-electron chi connectivity index (χ2n) is 9.36. The van der Waals surface area contributed by atoms with Crippen molar-refractivity contribution in [3.05, 3.63) is 93.8 Å². The Morgan fingerprint density at radius 3 is 2.03 bits per heavy atom. The number of aryl methyl sites for hydroxylation is 1. The van der Waals surface area contributed by atoms with Gasteiger partial charge in [-0.3, -0.25) is 0 Å². The first-order chi connectivity index (χ1) is 15.5. The van der Waals surface area contributed by atoms with Crippen molar-refractivity contribution in [3.8, 4) is 0 Å². The highest BCUT2D eigenvalue weighted by molar-refractivity contribution is 5.37. The summed E-state index contributed by atoms with van der Waals surface area (Å²) in [6, 6.07) is 9.10. The summed E-state index contributed by atoms with van der Waals surface area (Å²) < 4.78 is 44.7. The van der Waals surface area contributed by atoms with Gasteiger partial charge < -0.3 is 0 Å². The minimum Gasteiger partial charge on any atom is -0.207 e. The Morgan fingerprint density at radius 1 is 0.812 bits per heavy atom. The number of benzene rings is 2. The van der Waals surface area contributed by atoms with Crippen LogP contribution in [-0.4, -0.2) is 0 Å². The molecule has 170 valence electrons. The summed E-state index contributed by atoms with van der Waals surface area (Å²) in [5, 5.41) is 0. The molecule has 0 radical (unpaired) electrons. The summed E-state index contributed by atoms with van der Waals surface area (Å²) in [5.74, 6) is -1.49. The fraction of sp³-hybridized carbons (Fsp3) is 0.448. The van der Waals surface area contributed by atoms with Crippen LogP contribution in [0, 0.1) is 17.5 Å². The highest BCUT2D eigenvalue weighted by Gasteiger charge is 2.29. The SMILES string of the molecule is CCCC1=CCC(c2ccc(C3CCC(c4ccc(CC)cc4F)CC3)c(F)c2F)C=C1. The molecule has 2 aliphatic rings. The van der Waals surface area contributed by atoms with E-state index in [4.69, 9.17) is 0 Å². The maximum Gasteiger partial charge on any atom is 0.162 e. The van der Waals surface area contributed by atoms with Crippen molar-refractivity contribution in [1.29, 1.82) is 0 Å². The molecule has 1 fully saturated rings. The second-order valence-corrected chi connectivity index (χ2v) is 9.36. The molecule has 0 nitrogen and oxygen atoms in total. The maximum atomic E-state index is 15.1. The van der Waals surface area contributed by atoms with E-state index in [1.54, 1.807) is 18.2 Å². The highest BCUT2D eigenvalue weighted by atomic mass is 19.2. The summed E-state index contributed by atoms with van der Waals surface area (Å²) in [6.07, 6.45) is 12.9. The van der Waals surface area contributed by atoms with Gasteiger partial charge in [-0.1, -0.05) is 68.3 Å². The van der Waals surface area contributed by atoms with Crippen LogP contribution in [0.2, 0.25) is 0 Å². The monoisotopic (exact) mass is 438 g/mol. The number of hydrogen-bond donors (Lipinski definition) is 0. The Kier molecular flexibility index (Phi) is 7.23. The Labute approximate surface area is 190 Å². The molecule has 0 aliphatic heterocycles. The van der Waals surface area contributed by atoms with Gasteiger partial charge in [0.15, 0.2) is 11.6 Å². The van der Waals surface area contributed by atoms with Crippen LogP contribution in [0.4, 0.5) is 13.2 Å². The van der Waals surface area contributed by atoms with Gasteiger partial charge in [-0.25, -0.2) is 13.2 Å². The van der Waals surface area contributed by atoms with E-state index in [-0.39, 0.29) is 23.6 Å². The van der Waals surface area contributed by atoms with Crippen LogP contribution in [-0.2, 0) is 6.42 Å². The zero-order valence-corrected chi connectivity index (χ0v) is 19.1. The van der Waals surface area contributed by atoms with Gasteiger partial charge in [0.2, 0.25) is 0 Å². The second kappa shape index (κ2) is 10.1. The molecule has 3 heteroatoms. The van der Waals surface area contributed by atoms with E-state index < -0.39 is 11.6 Å². The summed E-state index contributed by atoms with van der Waals surface area (Å²) >= 11 is 0. The third-order valence-electron chi connectivity index (χ3n) is 7.34. The largest absolute Gasteiger partial charge is 0.207 e. The normalized spacial score (nSPS) is 23.3. The smallest absolute Gasteiger partial charge is 0.162 e. The third-order valence-corrected chi connectivity index (χ3v) is 7.34. The number of halogens is 3. The molecule has 1 atom stereocenters. The fourth-order valence-electron chi connectivity index (χ4n) is 5.39. The van der Waals surface area contributed by atoms with Crippen LogP contribution in [0.3, 0.4) is 0 Å². The lowest BCUT2D eigenvalue weighted by Gasteiger charge is -2.30. The summed E-state index contributed by atoms with van der Waals surface area (Å²) in [5.41, 5.74) is 3.97. The average molecular weight is 439 g/mol. The molecular formula is C29H33F3. The standard InChI is InChI=1S/C29H33F3/c1-3-5-20-6-9-22(10-7-20)25-16-17-26(29(32)28(25)31)23-13-11-21(12-14-23)24-15-8-19(4-2)18-27(24)30/h6-9,15-18,21-23H,3-5,10-14H2,1-2H3. The first-order valence-electron chi connectivity index (χ1n) is 12.1. The van der Waals surface area contributed by atoms with Gasteiger partial charge in [0, 0.05) is 5.92 Å². The molecular weight excluding hydrogens is 405 g/mol. The van der Waals surface area contributed by atoms with Crippen LogP contribution in [0.1, 0.15) is 98.8 Å². The van der Waals surface area contributed by atoms with E-state index in [0.29, 0.717) is 11.1 Å². The third kappa shape index (κ3) is 4.72. The molecule has 0 saturated heterocycles. The minimum atomic E-state index is -0.701. The lowest BCUT2D eigenvalue weighted by Crippen LogP contribution is -2.15. The predicted octanol–water partition coefficient (Wildman–Crippen LogP) is 8.88. The molecule has 2 aliphatic carbocycles. The molecule has 1 saturated carbocycles. The number of allylic oxidation sites excluding steroid dienone is 4. The molecule has 2 aromatic rings. The van der Waals surface area contributed by atoms with Crippen molar-refractivity contribution in [1.82, 2.24) is 0 Å². The number of hydrogen-bond acceptors (Lipinski definition) is 0. The van der Waals surface area contributed by atoms with Gasteiger partial charge in [0.05, 0.1) is 0 Å². The summed E-state index contributed by atoms with van der Waals surface area (Å²) in [7, 11) is 0. The molecule has 2 aromatic carbocycles. The zero-order chi connectivity index (χ0) is 22.7. The lowest BCUT2D eigenvalue weighted by atomic mass is 9.75. The fourth-order valence-corrected chi connectivity index (χ4v) is 5.39. The molecule has 0 amide bonds. The van der Waals surface area contributed by atoms with E-state index >= 15 is 8.78 Å². The lowest BCUT2D eigenvalue weighted by molar-refractivity contribution is 0.373. The molecule has 0 spiro atoms. The van der Waals surface area contributed by atoms with Crippen molar-refractivity contribution < 1.29 is 13.2 Å². The van der Waals surface area contributed by atoms with Crippen LogP contribution in [0.5, 0.6) is 0 Å². The Balaban J connectivity index is 1.44. The quantitative estimate of drug-likeness (QED) is 0.422. The van der Waals surface area contributed by atoms with Crippen molar-refractivity contribution in [3.63, 3.8) is 0 Å². The van der Waals surface area contributed by atoms with E-state index in [9.17, 15) is 4.39 Å². The van der Waals surface area contributed by atoms with Crippen molar-refractivity contribution in [2.75, 3.05) is 0 Å². The Bertz CT molecular complexity index is 1010. The molecule has 4 rings (SSSR count). The van der Waals surface area contributed by atoms with Crippen molar-refractivity contribution in [2.45, 2.75) is 83.0 Å². The van der Waals surface area contributed by atoms with Gasteiger partial charge in [-0.15, -0.1) is 0 Å². The average Bonchev–Trinajstić information content (AvgIpc) is 2.82. The number of rotatable bonds is 6. The van der Waals surface area contributed by atoms with Crippen molar-refractivity contribution >= 4 is 0 Å². The van der Waals surface area contributed by atoms with Gasteiger partial charge in [0.1, 0.15) is 5.82 Å².